The summed E-state index contributed by atoms with van der Waals surface area (Å²) in [5.74, 6) is -0.329. The van der Waals surface area contributed by atoms with Gasteiger partial charge < -0.3 is 14.1 Å². The van der Waals surface area contributed by atoms with E-state index < -0.39 is 6.16 Å². The van der Waals surface area contributed by atoms with Crippen LogP contribution in [0.2, 0.25) is 0 Å². The molecule has 0 aliphatic carbocycles. The lowest BCUT2D eigenvalue weighted by Crippen LogP contribution is -1.87. The molecule has 0 aliphatic heterocycles. The van der Waals surface area contributed by atoms with E-state index in [1.165, 1.54) is 6.92 Å². The number of carbonyl (C=O) groups is 2. The normalized spacial score (nSPS) is 6.73. The van der Waals surface area contributed by atoms with Crippen molar-refractivity contribution in [1.82, 2.24) is 0 Å². The molecule has 0 aromatic carbocycles. The van der Waals surface area contributed by atoms with Crippen LogP contribution in [-0.4, -0.2) is 17.2 Å². The molecule has 0 rings (SSSR count). The predicted octanol–water partition coefficient (Wildman–Crippen LogP) is 1.53. The quantitative estimate of drug-likeness (QED) is 0.492. The van der Waals surface area contributed by atoms with E-state index in [9.17, 15) is 4.79 Å². The molecule has 0 radical (unpaired) electrons. The van der Waals surface area contributed by atoms with Crippen molar-refractivity contribution in [2.75, 3.05) is 0 Å². The first kappa shape index (κ1) is 12.4. The Bertz CT molecular complexity index is 144. The highest BCUT2D eigenvalue weighted by atomic mass is 35.5. The van der Waals surface area contributed by atoms with Crippen molar-refractivity contribution in [1.29, 1.82) is 0 Å². The van der Waals surface area contributed by atoms with Crippen molar-refractivity contribution in [2.45, 2.75) is 6.92 Å². The standard InChI is InChI=1S/C4H6O2.CHClO3/c1-3-6-4(2)5;2-5-1(3)4/h3H,1H2,2H3;(H,3,4). The molecular formula is C5H7ClO5. The summed E-state index contributed by atoms with van der Waals surface area (Å²) in [7, 11) is 0. The molecule has 0 unspecified atom stereocenters. The Morgan fingerprint density at radius 3 is 2.00 bits per heavy atom. The van der Waals surface area contributed by atoms with Gasteiger partial charge in [-0.2, -0.15) is 0 Å². The van der Waals surface area contributed by atoms with Crippen molar-refractivity contribution in [3.63, 3.8) is 0 Å². The van der Waals surface area contributed by atoms with Gasteiger partial charge in [0.05, 0.1) is 6.26 Å². The molecule has 0 aromatic heterocycles. The van der Waals surface area contributed by atoms with Gasteiger partial charge in [0.25, 0.3) is 0 Å². The zero-order valence-corrected chi connectivity index (χ0v) is 6.50. The van der Waals surface area contributed by atoms with E-state index in [1.807, 2.05) is 0 Å². The third kappa shape index (κ3) is 28.3. The minimum absolute atomic E-state index is 0.329. The first-order valence-corrected chi connectivity index (χ1v) is 2.65. The van der Waals surface area contributed by atoms with Gasteiger partial charge in [0, 0.05) is 6.92 Å². The Morgan fingerprint density at radius 2 is 2.00 bits per heavy atom. The molecule has 0 aliphatic rings. The van der Waals surface area contributed by atoms with Crippen molar-refractivity contribution in [3.8, 4) is 0 Å². The van der Waals surface area contributed by atoms with Crippen molar-refractivity contribution in [3.05, 3.63) is 12.8 Å². The van der Waals surface area contributed by atoms with Gasteiger partial charge in [-0.3, -0.25) is 4.79 Å². The fraction of sp³-hybridized carbons (Fsp3) is 0.200. The Morgan fingerprint density at radius 1 is 1.64 bits per heavy atom. The molecule has 0 saturated carbocycles. The van der Waals surface area contributed by atoms with Gasteiger partial charge in [0.15, 0.2) is 0 Å². The smallest absolute Gasteiger partial charge is 0.449 e. The van der Waals surface area contributed by atoms with Crippen molar-refractivity contribution in [2.24, 2.45) is 0 Å². The second-order valence-electron chi connectivity index (χ2n) is 1.12. The topological polar surface area (TPSA) is 72.8 Å². The molecule has 0 aromatic rings. The van der Waals surface area contributed by atoms with Crippen LogP contribution in [0.15, 0.2) is 12.8 Å². The van der Waals surface area contributed by atoms with Gasteiger partial charge in [-0.05, 0) is 0 Å². The molecule has 0 amide bonds. The van der Waals surface area contributed by atoms with E-state index in [2.05, 4.69) is 27.5 Å². The molecular weight excluding hydrogens is 176 g/mol. The molecule has 64 valence electrons. The monoisotopic (exact) mass is 182 g/mol. The van der Waals surface area contributed by atoms with Crippen LogP contribution in [0.1, 0.15) is 6.92 Å². The van der Waals surface area contributed by atoms with Gasteiger partial charge in [0.2, 0.25) is 0 Å². The molecule has 0 heterocycles. The molecule has 0 spiro atoms. The Kier molecular flexibility index (Phi) is 9.92. The summed E-state index contributed by atoms with van der Waals surface area (Å²) in [4.78, 5) is 18.8. The van der Waals surface area contributed by atoms with E-state index >= 15 is 0 Å². The maximum absolute atomic E-state index is 9.75. The van der Waals surface area contributed by atoms with E-state index in [4.69, 9.17) is 9.90 Å². The summed E-state index contributed by atoms with van der Waals surface area (Å²) in [6.07, 6.45) is -0.380. The number of esters is 1. The fourth-order valence-electron chi connectivity index (χ4n) is 0.117. The predicted molar refractivity (Wildman–Crippen MR) is 36.9 cm³/mol. The fourth-order valence-corrected chi connectivity index (χ4v) is 0.117. The summed E-state index contributed by atoms with van der Waals surface area (Å²) in [5, 5.41) is 7.37. The average Bonchev–Trinajstić information content (AvgIpc) is 1.89. The van der Waals surface area contributed by atoms with Crippen LogP contribution in [0, 0.1) is 0 Å². The van der Waals surface area contributed by atoms with Crippen LogP contribution in [0.25, 0.3) is 0 Å². The largest absolute Gasteiger partial charge is 0.524 e. The maximum atomic E-state index is 9.75. The van der Waals surface area contributed by atoms with Crippen LogP contribution >= 0.6 is 11.9 Å². The summed E-state index contributed by atoms with van der Waals surface area (Å²) < 4.78 is 7.31. The van der Waals surface area contributed by atoms with E-state index in [0.29, 0.717) is 0 Å². The number of hydrogen-bond donors (Lipinski definition) is 1. The minimum Gasteiger partial charge on any atom is -0.449 e. The van der Waals surface area contributed by atoms with Gasteiger partial charge >= 0.3 is 12.1 Å². The molecule has 0 atom stereocenters. The Balaban J connectivity index is 0. The van der Waals surface area contributed by atoms with Crippen LogP contribution in [-0.2, 0) is 13.8 Å². The Hall–Kier alpha value is -1.23. The highest BCUT2D eigenvalue weighted by Crippen LogP contribution is 1.75. The number of rotatable bonds is 1. The van der Waals surface area contributed by atoms with Gasteiger partial charge in [-0.15, -0.1) is 0 Å². The maximum Gasteiger partial charge on any atom is 0.524 e. The van der Waals surface area contributed by atoms with Gasteiger partial charge in [0.1, 0.15) is 11.9 Å². The van der Waals surface area contributed by atoms with Crippen molar-refractivity contribution < 1.29 is 23.7 Å². The lowest BCUT2D eigenvalue weighted by molar-refractivity contribution is -0.135. The van der Waals surface area contributed by atoms with Gasteiger partial charge in [-0.1, -0.05) is 6.58 Å². The Labute approximate surface area is 68.3 Å². The number of carbonyl (C=O) groups excluding carboxylic acids is 1. The first-order valence-electron chi connectivity index (χ1n) is 2.34. The molecule has 0 fully saturated rings. The van der Waals surface area contributed by atoms with Gasteiger partial charge in [-0.25, -0.2) is 4.79 Å². The molecule has 11 heavy (non-hydrogen) atoms. The van der Waals surface area contributed by atoms with E-state index in [1.54, 1.807) is 0 Å². The third-order valence-electron chi connectivity index (χ3n) is 0.315. The average molecular weight is 183 g/mol. The summed E-state index contributed by atoms with van der Waals surface area (Å²) in [5.41, 5.74) is 0. The third-order valence-corrected chi connectivity index (χ3v) is 0.447. The highest BCUT2D eigenvalue weighted by molar-refractivity contribution is 6.12. The molecule has 6 heteroatoms. The summed E-state index contributed by atoms with van der Waals surface area (Å²) in [6.45, 7) is 4.48. The minimum atomic E-state index is -1.48. The van der Waals surface area contributed by atoms with E-state index in [-0.39, 0.29) is 5.97 Å². The first-order chi connectivity index (χ1) is 5.04. The van der Waals surface area contributed by atoms with Crippen LogP contribution < -0.4 is 0 Å². The molecule has 0 bridgehead atoms. The van der Waals surface area contributed by atoms with Crippen LogP contribution in [0.3, 0.4) is 0 Å². The van der Waals surface area contributed by atoms with Crippen molar-refractivity contribution >= 4 is 24.0 Å². The second kappa shape index (κ2) is 8.77. The summed E-state index contributed by atoms with van der Waals surface area (Å²) >= 11 is 4.24. The zero-order chi connectivity index (χ0) is 9.28. The van der Waals surface area contributed by atoms with Crippen LogP contribution in [0.4, 0.5) is 4.79 Å². The SMILES string of the molecule is C=COC(C)=O.O=C(O)OCl. The number of hydrogen-bond acceptors (Lipinski definition) is 4. The second-order valence-corrected chi connectivity index (χ2v) is 1.27. The lowest BCUT2D eigenvalue weighted by Gasteiger charge is -1.83. The molecule has 5 nitrogen and oxygen atoms in total. The lowest BCUT2D eigenvalue weighted by atomic mass is 10.8. The number of carboxylic acid groups (broad SMARTS) is 1. The van der Waals surface area contributed by atoms with E-state index in [0.717, 1.165) is 6.26 Å². The number of ether oxygens (including phenoxy) is 1. The highest BCUT2D eigenvalue weighted by Gasteiger charge is 1.84. The number of halogens is 1. The van der Waals surface area contributed by atoms with Crippen LogP contribution in [0.5, 0.6) is 0 Å². The molecule has 1 N–H and O–H groups in total. The summed E-state index contributed by atoms with van der Waals surface area (Å²) in [6, 6.07) is 0. The zero-order valence-electron chi connectivity index (χ0n) is 5.74. The molecule has 0 saturated heterocycles.